The van der Waals surface area contributed by atoms with Crippen LogP contribution in [0.1, 0.15) is 58.2 Å². The zero-order chi connectivity index (χ0) is 42.8. The van der Waals surface area contributed by atoms with Crippen LogP contribution in [-0.2, 0) is 6.42 Å². The Morgan fingerprint density at radius 3 is 2.26 bits per heavy atom. The van der Waals surface area contributed by atoms with Crippen molar-refractivity contribution in [2.75, 3.05) is 0 Å². The van der Waals surface area contributed by atoms with Gasteiger partial charge >= 0.3 is 5.82 Å². The molecule has 2 unspecified atom stereocenters. The molecule has 4 nitrogen and oxygen atoms in total. The van der Waals surface area contributed by atoms with Gasteiger partial charge in [0.25, 0.3) is 0 Å². The summed E-state index contributed by atoms with van der Waals surface area (Å²) in [4.78, 5) is 0. The summed E-state index contributed by atoms with van der Waals surface area (Å²) in [7, 11) is -1.63. The van der Waals surface area contributed by atoms with Crippen LogP contribution in [0.15, 0.2) is 139 Å². The first kappa shape index (κ1) is 38.5. The molecule has 0 saturated heterocycles. The largest absolute Gasteiger partial charge is 0.455 e. The van der Waals surface area contributed by atoms with Crippen molar-refractivity contribution in [3.63, 3.8) is 0 Å². The average Bonchev–Trinajstić information content (AvgIpc) is 3.78. The van der Waals surface area contributed by atoms with Gasteiger partial charge in [0.1, 0.15) is 28.3 Å². The van der Waals surface area contributed by atoms with Crippen molar-refractivity contribution in [3.8, 4) is 39.5 Å². The summed E-state index contributed by atoms with van der Waals surface area (Å²) < 4.78 is 29.3. The van der Waals surface area contributed by atoms with Gasteiger partial charge in [0.05, 0.1) is 14.5 Å². The number of furan rings is 1. The van der Waals surface area contributed by atoms with Crippen LogP contribution in [0.3, 0.4) is 0 Å². The molecule has 3 aromatic heterocycles. The molecule has 0 fully saturated rings. The van der Waals surface area contributed by atoms with E-state index in [1.165, 1.54) is 44.4 Å². The number of halogens is 1. The van der Waals surface area contributed by atoms with Crippen molar-refractivity contribution in [1.29, 1.82) is 0 Å². The van der Waals surface area contributed by atoms with E-state index in [2.05, 4.69) is 163 Å². The molecule has 2 aliphatic rings. The molecular formula is C56H52FN3OSi+2. The van der Waals surface area contributed by atoms with E-state index in [0.717, 1.165) is 91.6 Å². The lowest BCUT2D eigenvalue weighted by atomic mass is 9.77. The highest BCUT2D eigenvalue weighted by Crippen LogP contribution is 2.47. The van der Waals surface area contributed by atoms with Gasteiger partial charge in [0.2, 0.25) is 5.69 Å². The predicted octanol–water partition coefficient (Wildman–Crippen LogP) is 13.2. The van der Waals surface area contributed by atoms with E-state index in [4.69, 9.17) is 11.0 Å². The fraction of sp³-hybridized carbons (Fsp3) is 0.214. The highest BCUT2D eigenvalue weighted by atomic mass is 28.3. The quantitative estimate of drug-likeness (QED) is 0.129. The van der Waals surface area contributed by atoms with Gasteiger partial charge in [-0.1, -0.05) is 99.0 Å². The van der Waals surface area contributed by atoms with Crippen molar-refractivity contribution in [1.82, 2.24) is 4.57 Å². The molecule has 0 saturated carbocycles. The monoisotopic (exact) mass is 829 g/mol. The van der Waals surface area contributed by atoms with Crippen molar-refractivity contribution in [3.05, 3.63) is 173 Å². The van der Waals surface area contributed by atoms with Crippen LogP contribution in [0.2, 0.25) is 19.6 Å². The number of hydrogen-bond donors (Lipinski definition) is 0. The van der Waals surface area contributed by atoms with Gasteiger partial charge in [-0.25, -0.2) is 4.39 Å². The molecule has 2 aliphatic heterocycles. The van der Waals surface area contributed by atoms with Gasteiger partial charge in [-0.15, -0.1) is 0 Å². The Morgan fingerprint density at radius 2 is 1.48 bits per heavy atom. The van der Waals surface area contributed by atoms with Crippen molar-refractivity contribution in [2.45, 2.75) is 78.6 Å². The van der Waals surface area contributed by atoms with Crippen LogP contribution in [0.5, 0.6) is 0 Å². The number of benzene rings is 6. The van der Waals surface area contributed by atoms with Crippen molar-refractivity contribution < 1.29 is 17.9 Å². The lowest BCUT2D eigenvalue weighted by Crippen LogP contribution is -2.53. The average molecular weight is 830 g/mol. The number of para-hydroxylation sites is 3. The van der Waals surface area contributed by atoms with E-state index >= 15 is 0 Å². The van der Waals surface area contributed by atoms with Crippen LogP contribution in [0, 0.1) is 33.5 Å². The van der Waals surface area contributed by atoms with Gasteiger partial charge in [-0.05, 0) is 128 Å². The maximum atomic E-state index is 14.5. The number of hydrogen-bond acceptors (Lipinski definition) is 1. The Bertz CT molecular complexity index is 3320. The second kappa shape index (κ2) is 14.1. The Hall–Kier alpha value is -6.37. The highest BCUT2D eigenvalue weighted by Gasteiger charge is 2.44. The van der Waals surface area contributed by atoms with Gasteiger partial charge < -0.3 is 4.42 Å². The van der Waals surface area contributed by atoms with E-state index in [1.807, 2.05) is 13.8 Å². The van der Waals surface area contributed by atoms with Crippen molar-refractivity contribution in [2.24, 2.45) is 0 Å². The third-order valence-electron chi connectivity index (χ3n) is 14.0. The zero-order valence-electron chi connectivity index (χ0n) is 36.7. The SMILES string of the molecule is C=C1CC2C(CCc3ccc4c(oc5ccc(-c6c(C)cc(F)cc6C)cc54)c3-c3n(-c4c(C)cccc4C)c4ccccc4[n+]31)c1ccccc1-c1ccc([Si](C)(C)C)c[n+]12. The van der Waals surface area contributed by atoms with Gasteiger partial charge in [-0.3, -0.25) is 0 Å². The second-order valence-electron chi connectivity index (χ2n) is 19.0. The van der Waals surface area contributed by atoms with Crippen molar-refractivity contribution >= 4 is 51.9 Å². The lowest BCUT2D eigenvalue weighted by Gasteiger charge is -2.32. The maximum Gasteiger partial charge on any atom is 0.304 e. The Labute approximate surface area is 364 Å². The number of aromatic nitrogens is 3. The molecule has 0 aliphatic carbocycles. The van der Waals surface area contributed by atoms with E-state index in [9.17, 15) is 4.39 Å². The molecule has 5 heterocycles. The molecular weight excluding hydrogens is 778 g/mol. The molecule has 6 heteroatoms. The van der Waals surface area contributed by atoms with Crippen LogP contribution in [0.25, 0.3) is 78.1 Å². The van der Waals surface area contributed by atoms with Crippen LogP contribution < -0.4 is 14.3 Å². The third kappa shape index (κ3) is 5.83. The molecule has 11 rings (SSSR count). The Balaban J connectivity index is 1.23. The first-order valence-electron chi connectivity index (χ1n) is 22.1. The molecule has 306 valence electrons. The van der Waals surface area contributed by atoms with Crippen LogP contribution >= 0.6 is 0 Å². The summed E-state index contributed by atoms with van der Waals surface area (Å²) in [5, 5.41) is 3.58. The molecule has 6 aromatic carbocycles. The predicted molar refractivity (Wildman–Crippen MR) is 256 cm³/mol. The molecule has 0 N–H and O–H groups in total. The van der Waals surface area contributed by atoms with E-state index < -0.39 is 8.07 Å². The van der Waals surface area contributed by atoms with Gasteiger partial charge in [-0.2, -0.15) is 13.7 Å². The minimum absolute atomic E-state index is 0.166. The number of pyridine rings is 1. The number of imidazole rings is 1. The maximum absolute atomic E-state index is 14.5. The summed E-state index contributed by atoms with van der Waals surface area (Å²) in [5.74, 6) is 1.12. The minimum atomic E-state index is -1.63. The number of aryl methyl sites for hydroxylation is 5. The normalized spacial score (nSPS) is 16.2. The fourth-order valence-corrected chi connectivity index (χ4v) is 12.2. The summed E-state index contributed by atoms with van der Waals surface area (Å²) in [6.45, 7) is 20.8. The number of nitrogens with zero attached hydrogens (tertiary/aromatic N) is 3. The van der Waals surface area contributed by atoms with Gasteiger partial charge in [0, 0.05) is 33.5 Å². The summed E-state index contributed by atoms with van der Waals surface area (Å²) >= 11 is 0. The smallest absolute Gasteiger partial charge is 0.304 e. The molecule has 62 heavy (non-hydrogen) atoms. The standard InChI is InChI=1S/C56H52FN3OSi/c1-33-14-13-15-34(2)54(33)60-49-19-12-11-18-48(49)59-37(5)30-50-44(42-16-9-10-17-43(42)47-26-23-41(32-58(47)50)62(6,7)8)24-20-38-21-25-45-46-31-39(52-35(3)28-40(57)29-36(52)4)22-27-51(46)61-55(45)53(38)56(59)60/h9-19,21-23,25-29,31-32,44,50H,5,20,24,30H2,1-4,6-8H3/q+2. The molecule has 0 spiro atoms. The van der Waals surface area contributed by atoms with E-state index in [-0.39, 0.29) is 17.8 Å². The second-order valence-corrected chi connectivity index (χ2v) is 24.0. The zero-order valence-corrected chi connectivity index (χ0v) is 37.7. The third-order valence-corrected chi connectivity index (χ3v) is 16.0. The lowest BCUT2D eigenvalue weighted by molar-refractivity contribution is -0.719. The number of rotatable bonds is 3. The summed E-state index contributed by atoms with van der Waals surface area (Å²) in [5.41, 5.74) is 18.9. The Morgan fingerprint density at radius 1 is 0.742 bits per heavy atom. The number of fused-ring (bicyclic) bond motifs is 15. The summed E-state index contributed by atoms with van der Waals surface area (Å²) in [6, 6.07) is 43.8. The van der Waals surface area contributed by atoms with Gasteiger partial charge in [0.15, 0.2) is 28.9 Å². The molecule has 2 atom stereocenters. The fourth-order valence-electron chi connectivity index (χ4n) is 11.1. The first-order chi connectivity index (χ1) is 29.9. The Kier molecular flexibility index (Phi) is 8.75. The highest BCUT2D eigenvalue weighted by molar-refractivity contribution is 6.88. The minimum Gasteiger partial charge on any atom is -0.455 e. The van der Waals surface area contributed by atoms with E-state index in [1.54, 1.807) is 12.1 Å². The summed E-state index contributed by atoms with van der Waals surface area (Å²) in [6.07, 6.45) is 5.10. The van der Waals surface area contributed by atoms with E-state index in [0.29, 0.717) is 0 Å². The molecule has 0 amide bonds. The van der Waals surface area contributed by atoms with Crippen LogP contribution in [-0.4, -0.2) is 12.6 Å². The molecule has 0 bridgehead atoms. The first-order valence-corrected chi connectivity index (χ1v) is 25.6. The topological polar surface area (TPSA) is 25.8 Å². The number of allylic oxidation sites excluding steroid dienone is 1. The van der Waals surface area contributed by atoms with Crippen LogP contribution in [0.4, 0.5) is 4.39 Å². The molecule has 0 radical (unpaired) electrons. The molecule has 9 aromatic rings.